The van der Waals surface area contributed by atoms with Crippen LogP contribution in [0.1, 0.15) is 5.56 Å². The fourth-order valence-electron chi connectivity index (χ4n) is 2.51. The third-order valence-corrected chi connectivity index (χ3v) is 5.09. The van der Waals surface area contributed by atoms with Crippen molar-refractivity contribution >= 4 is 21.7 Å². The van der Waals surface area contributed by atoms with Crippen LogP contribution in [0.3, 0.4) is 0 Å². The number of hydrogen-bond donors (Lipinski definition) is 2. The summed E-state index contributed by atoms with van der Waals surface area (Å²) in [7, 11) is -3.09. The van der Waals surface area contributed by atoms with Crippen LogP contribution in [-0.2, 0) is 10.0 Å². The van der Waals surface area contributed by atoms with E-state index in [2.05, 4.69) is 15.5 Å². The zero-order valence-electron chi connectivity index (χ0n) is 13.6. The number of carbonyl (C=O) groups excluding carboxylic acids is 1. The number of sulfonamides is 1. The van der Waals surface area contributed by atoms with Crippen molar-refractivity contribution in [1.82, 2.24) is 14.5 Å². The van der Waals surface area contributed by atoms with Crippen molar-refractivity contribution in [1.29, 1.82) is 0 Å². The minimum absolute atomic E-state index is 0.231. The smallest absolute Gasteiger partial charge is 0.319 e. The normalized spacial score (nSPS) is 17.0. The monoisotopic (exact) mass is 340 g/mol. The molecule has 0 unspecified atom stereocenters. The molecule has 2 N–H and O–H groups in total. The maximum atomic E-state index is 11.8. The van der Waals surface area contributed by atoms with Gasteiger partial charge in [-0.05, 0) is 24.6 Å². The standard InChI is InChI=1S/C15H24N4O3S/c1-13-4-3-5-14(12-13)17-15(20)16-6-7-18-8-10-19(11-9-18)23(2,21)22/h3-5,12H,6-11H2,1-2H3,(H2,16,17,20). The molecule has 0 aromatic heterocycles. The molecule has 1 fully saturated rings. The minimum Gasteiger partial charge on any atom is -0.337 e. The third kappa shape index (κ3) is 5.81. The topological polar surface area (TPSA) is 81.8 Å². The van der Waals surface area contributed by atoms with E-state index >= 15 is 0 Å². The first-order chi connectivity index (χ1) is 10.8. The summed E-state index contributed by atoms with van der Waals surface area (Å²) in [5, 5.41) is 5.61. The molecule has 128 valence electrons. The third-order valence-electron chi connectivity index (χ3n) is 3.79. The van der Waals surface area contributed by atoms with E-state index in [-0.39, 0.29) is 6.03 Å². The molecular weight excluding hydrogens is 316 g/mol. The molecule has 2 amide bonds. The Kier molecular flexibility index (Phi) is 5.97. The summed E-state index contributed by atoms with van der Waals surface area (Å²) in [6.45, 7) is 5.60. The molecule has 0 aliphatic carbocycles. The van der Waals surface area contributed by atoms with E-state index in [0.29, 0.717) is 39.3 Å². The van der Waals surface area contributed by atoms with Crippen molar-refractivity contribution in [3.8, 4) is 0 Å². The largest absolute Gasteiger partial charge is 0.337 e. The van der Waals surface area contributed by atoms with E-state index in [9.17, 15) is 13.2 Å². The molecule has 1 aliphatic rings. The Balaban J connectivity index is 1.67. The van der Waals surface area contributed by atoms with Crippen LogP contribution in [-0.4, -0.2) is 69.2 Å². The number of rotatable bonds is 5. The van der Waals surface area contributed by atoms with Crippen LogP contribution in [0.15, 0.2) is 24.3 Å². The van der Waals surface area contributed by atoms with Crippen LogP contribution in [0.4, 0.5) is 10.5 Å². The van der Waals surface area contributed by atoms with E-state index in [4.69, 9.17) is 0 Å². The van der Waals surface area contributed by atoms with E-state index in [0.717, 1.165) is 11.3 Å². The Labute approximate surface area is 137 Å². The molecule has 0 atom stereocenters. The van der Waals surface area contributed by atoms with Gasteiger partial charge in [0.05, 0.1) is 6.26 Å². The lowest BCUT2D eigenvalue weighted by Gasteiger charge is -2.33. The Morgan fingerprint density at radius 2 is 1.91 bits per heavy atom. The summed E-state index contributed by atoms with van der Waals surface area (Å²) in [4.78, 5) is 14.0. The highest BCUT2D eigenvalue weighted by molar-refractivity contribution is 7.88. The molecule has 8 heteroatoms. The molecule has 1 aliphatic heterocycles. The van der Waals surface area contributed by atoms with Gasteiger partial charge in [-0.1, -0.05) is 12.1 Å². The van der Waals surface area contributed by atoms with Crippen molar-refractivity contribution in [2.45, 2.75) is 6.92 Å². The van der Waals surface area contributed by atoms with Gasteiger partial charge in [0.1, 0.15) is 0 Å². The second-order valence-electron chi connectivity index (χ2n) is 5.75. The van der Waals surface area contributed by atoms with Crippen LogP contribution in [0.5, 0.6) is 0 Å². The number of carbonyl (C=O) groups is 1. The minimum atomic E-state index is -3.09. The first-order valence-corrected chi connectivity index (χ1v) is 9.48. The van der Waals surface area contributed by atoms with E-state index in [1.165, 1.54) is 10.6 Å². The van der Waals surface area contributed by atoms with Crippen LogP contribution < -0.4 is 10.6 Å². The molecule has 0 saturated carbocycles. The average Bonchev–Trinajstić information content (AvgIpc) is 2.47. The molecule has 23 heavy (non-hydrogen) atoms. The molecule has 1 aromatic carbocycles. The van der Waals surface area contributed by atoms with Crippen molar-refractivity contribution in [3.05, 3.63) is 29.8 Å². The molecule has 0 spiro atoms. The second-order valence-corrected chi connectivity index (χ2v) is 7.74. The fraction of sp³-hybridized carbons (Fsp3) is 0.533. The van der Waals surface area contributed by atoms with Crippen LogP contribution >= 0.6 is 0 Å². The highest BCUT2D eigenvalue weighted by Gasteiger charge is 2.22. The first kappa shape index (κ1) is 17.7. The maximum Gasteiger partial charge on any atom is 0.319 e. The van der Waals surface area contributed by atoms with Crippen LogP contribution in [0.2, 0.25) is 0 Å². The SMILES string of the molecule is Cc1cccc(NC(=O)NCCN2CCN(S(C)(=O)=O)CC2)c1. The lowest BCUT2D eigenvalue weighted by Crippen LogP contribution is -2.50. The molecule has 0 radical (unpaired) electrons. The highest BCUT2D eigenvalue weighted by Crippen LogP contribution is 2.09. The first-order valence-electron chi connectivity index (χ1n) is 7.63. The lowest BCUT2D eigenvalue weighted by molar-refractivity contribution is 0.189. The van der Waals surface area contributed by atoms with Gasteiger partial charge < -0.3 is 10.6 Å². The number of urea groups is 1. The zero-order chi connectivity index (χ0) is 16.9. The maximum absolute atomic E-state index is 11.8. The molecular formula is C15H24N4O3S. The number of anilines is 1. The Hall–Kier alpha value is -1.64. The summed E-state index contributed by atoms with van der Waals surface area (Å²) < 4.78 is 24.4. The van der Waals surface area contributed by atoms with Crippen molar-refractivity contribution in [2.24, 2.45) is 0 Å². The molecule has 1 saturated heterocycles. The molecule has 1 aromatic rings. The predicted molar refractivity (Wildman–Crippen MR) is 91.1 cm³/mol. The van der Waals surface area contributed by atoms with Gasteiger partial charge in [-0.15, -0.1) is 0 Å². The summed E-state index contributed by atoms with van der Waals surface area (Å²) in [5.74, 6) is 0. The second kappa shape index (κ2) is 7.76. The van der Waals surface area contributed by atoms with Gasteiger partial charge in [0.25, 0.3) is 0 Å². The van der Waals surface area contributed by atoms with Gasteiger partial charge in [-0.3, -0.25) is 4.90 Å². The van der Waals surface area contributed by atoms with E-state index in [1.807, 2.05) is 31.2 Å². The number of benzene rings is 1. The van der Waals surface area contributed by atoms with Gasteiger partial charge in [0, 0.05) is 45.0 Å². The number of hydrogen-bond acceptors (Lipinski definition) is 4. The van der Waals surface area contributed by atoms with Gasteiger partial charge in [0.15, 0.2) is 0 Å². The Morgan fingerprint density at radius 3 is 2.52 bits per heavy atom. The average molecular weight is 340 g/mol. The van der Waals surface area contributed by atoms with Crippen molar-refractivity contribution in [3.63, 3.8) is 0 Å². The van der Waals surface area contributed by atoms with Crippen molar-refractivity contribution < 1.29 is 13.2 Å². The fourth-order valence-corrected chi connectivity index (χ4v) is 3.34. The number of nitrogens with zero attached hydrogens (tertiary/aromatic N) is 2. The quantitative estimate of drug-likeness (QED) is 0.826. The Morgan fingerprint density at radius 1 is 1.22 bits per heavy atom. The molecule has 2 rings (SSSR count). The van der Waals surface area contributed by atoms with Gasteiger partial charge in [0.2, 0.25) is 10.0 Å². The van der Waals surface area contributed by atoms with Crippen LogP contribution in [0.25, 0.3) is 0 Å². The summed E-state index contributed by atoms with van der Waals surface area (Å²) >= 11 is 0. The van der Waals surface area contributed by atoms with Gasteiger partial charge >= 0.3 is 6.03 Å². The molecule has 0 bridgehead atoms. The number of amides is 2. The Bertz CT molecular complexity index is 640. The molecule has 7 nitrogen and oxygen atoms in total. The number of nitrogens with one attached hydrogen (secondary N) is 2. The lowest BCUT2D eigenvalue weighted by atomic mass is 10.2. The van der Waals surface area contributed by atoms with Crippen LogP contribution in [0, 0.1) is 6.92 Å². The summed E-state index contributed by atoms with van der Waals surface area (Å²) in [5.41, 5.74) is 1.86. The van der Waals surface area contributed by atoms with Gasteiger partial charge in [-0.25, -0.2) is 13.2 Å². The predicted octanol–water partition coefficient (Wildman–Crippen LogP) is 0.694. The summed E-state index contributed by atoms with van der Waals surface area (Å²) in [6.07, 6.45) is 1.24. The highest BCUT2D eigenvalue weighted by atomic mass is 32.2. The summed E-state index contributed by atoms with van der Waals surface area (Å²) in [6, 6.07) is 7.39. The molecule has 1 heterocycles. The van der Waals surface area contributed by atoms with Gasteiger partial charge in [-0.2, -0.15) is 4.31 Å². The van der Waals surface area contributed by atoms with Crippen molar-refractivity contribution in [2.75, 3.05) is 50.8 Å². The van der Waals surface area contributed by atoms with E-state index < -0.39 is 10.0 Å². The number of aryl methyl sites for hydroxylation is 1. The zero-order valence-corrected chi connectivity index (χ0v) is 14.4. The van der Waals surface area contributed by atoms with E-state index in [1.54, 1.807) is 0 Å². The number of piperazine rings is 1.